The lowest BCUT2D eigenvalue weighted by atomic mass is 10.1. The third-order valence-corrected chi connectivity index (χ3v) is 3.40. The third kappa shape index (κ3) is 2.63. The summed E-state index contributed by atoms with van der Waals surface area (Å²) < 4.78 is 5.02. The normalized spacial score (nSPS) is 18.4. The molecule has 0 radical (unpaired) electrons. The fourth-order valence-corrected chi connectivity index (χ4v) is 2.39. The molecule has 1 atom stereocenters. The van der Waals surface area contributed by atoms with E-state index in [1.165, 1.54) is 25.3 Å². The fourth-order valence-electron chi connectivity index (χ4n) is 2.12. The summed E-state index contributed by atoms with van der Waals surface area (Å²) in [6.45, 7) is 1.01. The lowest BCUT2D eigenvalue weighted by molar-refractivity contribution is -0.385. The molecule has 0 aromatic heterocycles. The van der Waals surface area contributed by atoms with Crippen molar-refractivity contribution in [3.8, 4) is 5.75 Å². The summed E-state index contributed by atoms with van der Waals surface area (Å²) in [4.78, 5) is 24.2. The highest BCUT2D eigenvalue weighted by molar-refractivity contribution is 6.21. The number of methoxy groups -OCH3 is 1. The van der Waals surface area contributed by atoms with E-state index in [4.69, 9.17) is 16.3 Å². The second kappa shape index (κ2) is 5.44. The molecule has 6 nitrogen and oxygen atoms in total. The van der Waals surface area contributed by atoms with Gasteiger partial charge in [-0.15, -0.1) is 11.6 Å². The van der Waals surface area contributed by atoms with Crippen LogP contribution < -0.4 is 4.74 Å². The first-order chi connectivity index (χ1) is 9.04. The lowest BCUT2D eigenvalue weighted by Crippen LogP contribution is -2.29. The highest BCUT2D eigenvalue weighted by Crippen LogP contribution is 2.32. The van der Waals surface area contributed by atoms with E-state index in [-0.39, 0.29) is 28.3 Å². The monoisotopic (exact) mass is 284 g/mol. The van der Waals surface area contributed by atoms with Crippen LogP contribution in [0.15, 0.2) is 18.2 Å². The van der Waals surface area contributed by atoms with Crippen LogP contribution in [0.4, 0.5) is 5.69 Å². The van der Waals surface area contributed by atoms with Crippen LogP contribution in [0.25, 0.3) is 0 Å². The molecule has 1 aromatic carbocycles. The largest absolute Gasteiger partial charge is 0.490 e. The van der Waals surface area contributed by atoms with Crippen LogP contribution in [0.1, 0.15) is 16.8 Å². The van der Waals surface area contributed by atoms with Crippen molar-refractivity contribution in [3.05, 3.63) is 33.9 Å². The number of nitro benzene ring substituents is 1. The summed E-state index contributed by atoms with van der Waals surface area (Å²) >= 11 is 5.96. The summed E-state index contributed by atoms with van der Waals surface area (Å²) in [6.07, 6.45) is 0.727. The smallest absolute Gasteiger partial charge is 0.311 e. The topological polar surface area (TPSA) is 72.7 Å². The van der Waals surface area contributed by atoms with Crippen molar-refractivity contribution in [1.29, 1.82) is 0 Å². The average Bonchev–Trinajstić information content (AvgIpc) is 2.83. The molecule has 1 heterocycles. The number of hydrogen-bond acceptors (Lipinski definition) is 4. The van der Waals surface area contributed by atoms with Crippen molar-refractivity contribution < 1.29 is 14.5 Å². The number of likely N-dealkylation sites (tertiary alicyclic amines) is 1. The second-order valence-electron chi connectivity index (χ2n) is 4.25. The van der Waals surface area contributed by atoms with Gasteiger partial charge in [0.05, 0.1) is 23.0 Å². The van der Waals surface area contributed by atoms with E-state index >= 15 is 0 Å². The molecule has 0 bridgehead atoms. The molecule has 1 unspecified atom stereocenters. The first-order valence-electron chi connectivity index (χ1n) is 5.79. The number of para-hydroxylation sites is 1. The summed E-state index contributed by atoms with van der Waals surface area (Å²) in [6, 6.07) is 4.31. The van der Waals surface area contributed by atoms with Gasteiger partial charge in [0.25, 0.3) is 5.91 Å². The maximum atomic E-state index is 12.3. The zero-order chi connectivity index (χ0) is 14.0. The molecular formula is C12H13ClN2O4. The minimum atomic E-state index is -0.566. The van der Waals surface area contributed by atoms with Crippen LogP contribution in [0.3, 0.4) is 0 Å². The zero-order valence-electron chi connectivity index (χ0n) is 10.3. The molecule has 1 aromatic rings. The minimum absolute atomic E-state index is 0.00415. The number of ether oxygens (including phenoxy) is 1. The molecule has 0 N–H and O–H groups in total. The number of hydrogen-bond donors (Lipinski definition) is 0. The van der Waals surface area contributed by atoms with Gasteiger partial charge in [-0.25, -0.2) is 0 Å². The van der Waals surface area contributed by atoms with Gasteiger partial charge in [-0.05, 0) is 12.5 Å². The van der Waals surface area contributed by atoms with Crippen molar-refractivity contribution in [3.63, 3.8) is 0 Å². The number of alkyl halides is 1. The van der Waals surface area contributed by atoms with Gasteiger partial charge in [0, 0.05) is 19.2 Å². The number of rotatable bonds is 3. The number of amides is 1. The Morgan fingerprint density at radius 3 is 2.84 bits per heavy atom. The van der Waals surface area contributed by atoms with E-state index in [1.807, 2.05) is 0 Å². The second-order valence-corrected chi connectivity index (χ2v) is 4.87. The Bertz CT molecular complexity index is 520. The molecule has 2 rings (SSSR count). The molecule has 102 valence electrons. The molecule has 19 heavy (non-hydrogen) atoms. The summed E-state index contributed by atoms with van der Waals surface area (Å²) in [5.74, 6) is -0.292. The Morgan fingerprint density at radius 1 is 1.58 bits per heavy atom. The minimum Gasteiger partial charge on any atom is -0.490 e. The van der Waals surface area contributed by atoms with Gasteiger partial charge in [-0.1, -0.05) is 6.07 Å². The van der Waals surface area contributed by atoms with Gasteiger partial charge in [0.2, 0.25) is 5.75 Å². The number of nitrogens with zero attached hydrogens (tertiary/aromatic N) is 2. The number of nitro groups is 1. The molecule has 0 saturated carbocycles. The number of halogens is 1. The van der Waals surface area contributed by atoms with Gasteiger partial charge in [0.1, 0.15) is 0 Å². The molecule has 7 heteroatoms. The van der Waals surface area contributed by atoms with Crippen molar-refractivity contribution in [2.75, 3.05) is 20.2 Å². The van der Waals surface area contributed by atoms with E-state index in [1.54, 1.807) is 4.90 Å². The van der Waals surface area contributed by atoms with Gasteiger partial charge >= 0.3 is 5.69 Å². The predicted octanol–water partition coefficient (Wildman–Crippen LogP) is 2.06. The Labute approximate surface area is 115 Å². The maximum Gasteiger partial charge on any atom is 0.311 e. The first kappa shape index (κ1) is 13.6. The first-order valence-corrected chi connectivity index (χ1v) is 6.23. The SMILES string of the molecule is COc1c(C(=O)N2CCC(Cl)C2)cccc1[N+](=O)[O-]. The highest BCUT2D eigenvalue weighted by atomic mass is 35.5. The highest BCUT2D eigenvalue weighted by Gasteiger charge is 2.30. The quantitative estimate of drug-likeness (QED) is 0.484. The van der Waals surface area contributed by atoms with Gasteiger partial charge < -0.3 is 9.64 Å². The van der Waals surface area contributed by atoms with Crippen LogP contribution in [0, 0.1) is 10.1 Å². The van der Waals surface area contributed by atoms with Crippen molar-refractivity contribution in [2.45, 2.75) is 11.8 Å². The molecule has 1 amide bonds. The molecule has 0 spiro atoms. The van der Waals surface area contributed by atoms with Gasteiger partial charge in [-0.3, -0.25) is 14.9 Å². The van der Waals surface area contributed by atoms with Crippen LogP contribution in [0.2, 0.25) is 0 Å². The molecule has 0 aliphatic carbocycles. The number of benzene rings is 1. The number of carbonyl (C=O) groups excluding carboxylic acids is 1. The van der Waals surface area contributed by atoms with E-state index < -0.39 is 4.92 Å². The van der Waals surface area contributed by atoms with Crippen molar-refractivity contribution in [1.82, 2.24) is 4.90 Å². The maximum absolute atomic E-state index is 12.3. The van der Waals surface area contributed by atoms with E-state index in [2.05, 4.69) is 0 Å². The van der Waals surface area contributed by atoms with E-state index in [9.17, 15) is 14.9 Å². The Morgan fingerprint density at radius 2 is 2.32 bits per heavy atom. The predicted molar refractivity (Wildman–Crippen MR) is 69.8 cm³/mol. The van der Waals surface area contributed by atoms with Crippen LogP contribution >= 0.6 is 11.6 Å². The van der Waals surface area contributed by atoms with Gasteiger partial charge in [-0.2, -0.15) is 0 Å². The third-order valence-electron chi connectivity index (χ3n) is 3.04. The summed E-state index contributed by atoms with van der Waals surface area (Å²) in [5, 5.41) is 10.8. The lowest BCUT2D eigenvalue weighted by Gasteiger charge is -2.17. The van der Waals surface area contributed by atoms with Gasteiger partial charge in [0.15, 0.2) is 0 Å². The fraction of sp³-hybridized carbons (Fsp3) is 0.417. The summed E-state index contributed by atoms with van der Waals surface area (Å²) in [7, 11) is 1.31. The van der Waals surface area contributed by atoms with Crippen LogP contribution in [-0.4, -0.2) is 41.3 Å². The molecular weight excluding hydrogens is 272 g/mol. The Kier molecular flexibility index (Phi) is 3.90. The molecule has 1 aliphatic rings. The van der Waals surface area contributed by atoms with Crippen LogP contribution in [-0.2, 0) is 0 Å². The Hall–Kier alpha value is -1.82. The van der Waals surface area contributed by atoms with E-state index in [0.29, 0.717) is 13.1 Å². The van der Waals surface area contributed by atoms with Crippen molar-refractivity contribution in [2.24, 2.45) is 0 Å². The molecule has 1 fully saturated rings. The van der Waals surface area contributed by atoms with Crippen LogP contribution in [0.5, 0.6) is 5.75 Å². The molecule has 1 saturated heterocycles. The number of carbonyl (C=O) groups is 1. The zero-order valence-corrected chi connectivity index (χ0v) is 11.1. The molecule has 1 aliphatic heterocycles. The standard InChI is InChI=1S/C12H13ClN2O4/c1-19-11-9(3-2-4-10(11)15(17)18)12(16)14-6-5-8(13)7-14/h2-4,8H,5-7H2,1H3. The van der Waals surface area contributed by atoms with Crippen molar-refractivity contribution >= 4 is 23.2 Å². The average molecular weight is 285 g/mol. The Balaban J connectivity index is 2.36. The van der Waals surface area contributed by atoms with E-state index in [0.717, 1.165) is 6.42 Å². The summed E-state index contributed by atoms with van der Waals surface area (Å²) in [5.41, 5.74) is -0.0163.